The SMILES string of the molecule is C[C@@H](O)c1nc2cnc3[nH]ccc3c2n1C1CCOCC1. The molecule has 1 aliphatic rings. The van der Waals surface area contributed by atoms with Crippen molar-refractivity contribution in [2.75, 3.05) is 13.2 Å². The van der Waals surface area contributed by atoms with Crippen LogP contribution >= 0.6 is 0 Å². The van der Waals surface area contributed by atoms with Crippen molar-refractivity contribution in [2.24, 2.45) is 0 Å². The summed E-state index contributed by atoms with van der Waals surface area (Å²) in [6.07, 6.45) is 4.95. The molecule has 0 amide bonds. The van der Waals surface area contributed by atoms with Gasteiger partial charge in [-0.1, -0.05) is 0 Å². The fourth-order valence-corrected chi connectivity index (χ4v) is 3.22. The van der Waals surface area contributed by atoms with Crippen molar-refractivity contribution in [2.45, 2.75) is 31.9 Å². The van der Waals surface area contributed by atoms with Gasteiger partial charge >= 0.3 is 0 Å². The summed E-state index contributed by atoms with van der Waals surface area (Å²) in [6, 6.07) is 2.34. The summed E-state index contributed by atoms with van der Waals surface area (Å²) in [5, 5.41) is 11.2. The van der Waals surface area contributed by atoms with E-state index in [2.05, 4.69) is 19.5 Å². The average Bonchev–Trinajstić information content (AvgIpc) is 3.11. The molecular formula is C15H18N4O2. The number of rotatable bonds is 2. The smallest absolute Gasteiger partial charge is 0.139 e. The number of hydrogen-bond donors (Lipinski definition) is 2. The lowest BCUT2D eigenvalue weighted by atomic mass is 10.1. The van der Waals surface area contributed by atoms with Crippen LogP contribution in [0.1, 0.15) is 37.7 Å². The number of pyridine rings is 1. The standard InChI is InChI=1S/C15H18N4O2/c1-9(20)15-18-12-8-17-14-11(2-5-16-14)13(12)19(15)10-3-6-21-7-4-10/h2,5,8-10,20H,3-4,6-7H2,1H3,(H,16,17)/t9-/m1/s1. The molecule has 1 atom stereocenters. The van der Waals surface area contributed by atoms with E-state index in [1.165, 1.54) is 0 Å². The van der Waals surface area contributed by atoms with E-state index in [4.69, 9.17) is 4.74 Å². The number of imidazole rings is 1. The molecule has 6 heteroatoms. The van der Waals surface area contributed by atoms with Crippen LogP contribution in [0.3, 0.4) is 0 Å². The van der Waals surface area contributed by atoms with E-state index < -0.39 is 6.10 Å². The van der Waals surface area contributed by atoms with E-state index in [0.29, 0.717) is 11.9 Å². The number of aliphatic hydroxyl groups is 1. The molecule has 0 aliphatic carbocycles. The van der Waals surface area contributed by atoms with Crippen molar-refractivity contribution >= 4 is 22.1 Å². The Labute approximate surface area is 121 Å². The first-order valence-corrected chi connectivity index (χ1v) is 7.35. The fourth-order valence-electron chi connectivity index (χ4n) is 3.22. The van der Waals surface area contributed by atoms with Crippen LogP contribution in [0.4, 0.5) is 0 Å². The molecule has 0 bridgehead atoms. The summed E-state index contributed by atoms with van der Waals surface area (Å²) < 4.78 is 7.66. The Morgan fingerprint density at radius 2 is 2.24 bits per heavy atom. The largest absolute Gasteiger partial charge is 0.385 e. The Kier molecular flexibility index (Phi) is 2.94. The molecule has 6 nitrogen and oxygen atoms in total. The Morgan fingerprint density at radius 3 is 3.00 bits per heavy atom. The van der Waals surface area contributed by atoms with Gasteiger partial charge in [-0.2, -0.15) is 0 Å². The second-order valence-electron chi connectivity index (χ2n) is 5.59. The molecule has 3 aromatic heterocycles. The Hall–Kier alpha value is -1.92. The average molecular weight is 286 g/mol. The lowest BCUT2D eigenvalue weighted by molar-refractivity contribution is 0.0671. The highest BCUT2D eigenvalue weighted by atomic mass is 16.5. The molecule has 4 heterocycles. The lowest BCUT2D eigenvalue weighted by Crippen LogP contribution is -2.22. The quantitative estimate of drug-likeness (QED) is 0.758. The van der Waals surface area contributed by atoms with Crippen molar-refractivity contribution < 1.29 is 9.84 Å². The molecule has 3 aromatic rings. The van der Waals surface area contributed by atoms with Crippen LogP contribution in [-0.2, 0) is 4.74 Å². The predicted octanol–water partition coefficient (Wildman–Crippen LogP) is 2.32. The van der Waals surface area contributed by atoms with Gasteiger partial charge in [0.15, 0.2) is 0 Å². The molecular weight excluding hydrogens is 268 g/mol. The zero-order valence-electron chi connectivity index (χ0n) is 11.9. The molecule has 2 N–H and O–H groups in total. The molecule has 1 saturated heterocycles. The van der Waals surface area contributed by atoms with Gasteiger partial charge in [-0.3, -0.25) is 0 Å². The van der Waals surface area contributed by atoms with Crippen molar-refractivity contribution in [1.82, 2.24) is 19.5 Å². The molecule has 0 spiro atoms. The maximum atomic E-state index is 10.1. The molecule has 1 aliphatic heterocycles. The van der Waals surface area contributed by atoms with E-state index in [9.17, 15) is 5.11 Å². The van der Waals surface area contributed by atoms with Gasteiger partial charge in [0.2, 0.25) is 0 Å². The van der Waals surface area contributed by atoms with Crippen LogP contribution in [-0.4, -0.2) is 37.8 Å². The number of nitrogens with one attached hydrogen (secondary N) is 1. The first kappa shape index (κ1) is 12.8. The predicted molar refractivity (Wildman–Crippen MR) is 79.1 cm³/mol. The van der Waals surface area contributed by atoms with Gasteiger partial charge in [0.25, 0.3) is 0 Å². The fraction of sp³-hybridized carbons (Fsp3) is 0.467. The molecule has 0 saturated carbocycles. The summed E-state index contributed by atoms with van der Waals surface area (Å²) >= 11 is 0. The van der Waals surface area contributed by atoms with E-state index >= 15 is 0 Å². The summed E-state index contributed by atoms with van der Waals surface area (Å²) in [5.74, 6) is 0.715. The molecule has 0 unspecified atom stereocenters. The van der Waals surface area contributed by atoms with Crippen molar-refractivity contribution in [3.8, 4) is 0 Å². The number of fused-ring (bicyclic) bond motifs is 3. The van der Waals surface area contributed by atoms with E-state index in [1.54, 1.807) is 13.1 Å². The van der Waals surface area contributed by atoms with Crippen LogP contribution in [0.2, 0.25) is 0 Å². The third-order valence-corrected chi connectivity index (χ3v) is 4.19. The minimum Gasteiger partial charge on any atom is -0.385 e. The summed E-state index contributed by atoms with van der Waals surface area (Å²) in [6.45, 7) is 3.27. The first-order chi connectivity index (χ1) is 10.3. The Balaban J connectivity index is 2.03. The number of nitrogens with zero attached hydrogens (tertiary/aromatic N) is 3. The second kappa shape index (κ2) is 4.82. The highest BCUT2D eigenvalue weighted by molar-refractivity contribution is 6.01. The minimum atomic E-state index is -0.603. The molecule has 0 aromatic carbocycles. The van der Waals surface area contributed by atoms with Crippen molar-refractivity contribution in [3.63, 3.8) is 0 Å². The highest BCUT2D eigenvalue weighted by Crippen LogP contribution is 2.33. The molecule has 110 valence electrons. The molecule has 1 fully saturated rings. The van der Waals surface area contributed by atoms with Gasteiger partial charge in [-0.15, -0.1) is 0 Å². The molecule has 0 radical (unpaired) electrons. The number of ether oxygens (including phenoxy) is 1. The topological polar surface area (TPSA) is 76.0 Å². The summed E-state index contributed by atoms with van der Waals surface area (Å²) in [7, 11) is 0. The van der Waals surface area contributed by atoms with Crippen LogP contribution in [0.25, 0.3) is 22.1 Å². The highest BCUT2D eigenvalue weighted by Gasteiger charge is 2.25. The minimum absolute atomic E-state index is 0.314. The van der Waals surface area contributed by atoms with Crippen LogP contribution < -0.4 is 0 Å². The normalized spacial score (nSPS) is 18.6. The van der Waals surface area contributed by atoms with Gasteiger partial charge in [0.05, 0.1) is 11.7 Å². The van der Waals surface area contributed by atoms with Crippen molar-refractivity contribution in [3.05, 3.63) is 24.3 Å². The van der Waals surface area contributed by atoms with Gasteiger partial charge in [0.1, 0.15) is 23.1 Å². The van der Waals surface area contributed by atoms with Crippen LogP contribution in [0.5, 0.6) is 0 Å². The van der Waals surface area contributed by atoms with Gasteiger partial charge in [-0.25, -0.2) is 9.97 Å². The Morgan fingerprint density at radius 1 is 1.43 bits per heavy atom. The lowest BCUT2D eigenvalue weighted by Gasteiger charge is -2.26. The molecule has 21 heavy (non-hydrogen) atoms. The first-order valence-electron chi connectivity index (χ1n) is 7.35. The number of aliphatic hydroxyl groups excluding tert-OH is 1. The van der Waals surface area contributed by atoms with Gasteiger partial charge < -0.3 is 19.4 Å². The second-order valence-corrected chi connectivity index (χ2v) is 5.59. The summed E-state index contributed by atoms with van der Waals surface area (Å²) in [5.41, 5.74) is 2.75. The van der Waals surface area contributed by atoms with E-state index in [-0.39, 0.29) is 0 Å². The molecule has 4 rings (SSSR count). The van der Waals surface area contributed by atoms with Crippen LogP contribution in [0, 0.1) is 0 Å². The van der Waals surface area contributed by atoms with Crippen molar-refractivity contribution in [1.29, 1.82) is 0 Å². The zero-order valence-corrected chi connectivity index (χ0v) is 11.9. The van der Waals surface area contributed by atoms with Gasteiger partial charge in [-0.05, 0) is 25.8 Å². The number of aromatic nitrogens is 4. The maximum absolute atomic E-state index is 10.1. The number of hydrogen-bond acceptors (Lipinski definition) is 4. The summed E-state index contributed by atoms with van der Waals surface area (Å²) in [4.78, 5) is 12.1. The van der Waals surface area contributed by atoms with E-state index in [0.717, 1.165) is 48.1 Å². The Bertz CT molecular complexity index is 784. The van der Waals surface area contributed by atoms with E-state index in [1.807, 2.05) is 12.3 Å². The monoisotopic (exact) mass is 286 g/mol. The third kappa shape index (κ3) is 1.94. The number of H-pyrrole nitrogens is 1. The number of aromatic amines is 1. The maximum Gasteiger partial charge on any atom is 0.139 e. The van der Waals surface area contributed by atoms with Crippen LogP contribution in [0.15, 0.2) is 18.5 Å². The van der Waals surface area contributed by atoms with Gasteiger partial charge in [0, 0.05) is 30.8 Å². The third-order valence-electron chi connectivity index (χ3n) is 4.19. The zero-order chi connectivity index (χ0) is 14.4.